The maximum atomic E-state index is 12.8. The topological polar surface area (TPSA) is 81.1 Å². The molecule has 6 nitrogen and oxygen atoms in total. The van der Waals surface area contributed by atoms with Crippen LogP contribution in [0.4, 0.5) is 5.69 Å². The first-order valence-corrected chi connectivity index (χ1v) is 10.3. The molecule has 3 rings (SSSR count). The van der Waals surface area contributed by atoms with E-state index in [9.17, 15) is 13.2 Å². The van der Waals surface area contributed by atoms with E-state index in [1.165, 1.54) is 12.1 Å². The van der Waals surface area contributed by atoms with Gasteiger partial charge in [-0.2, -0.15) is 5.10 Å². The average molecular weight is 383 g/mol. The van der Waals surface area contributed by atoms with E-state index >= 15 is 0 Å². The molecular formula is C20H21N3O3S. The molecule has 0 saturated carbocycles. The highest BCUT2D eigenvalue weighted by molar-refractivity contribution is 7.90. The summed E-state index contributed by atoms with van der Waals surface area (Å²) in [7, 11) is -3.34. The van der Waals surface area contributed by atoms with E-state index in [-0.39, 0.29) is 10.8 Å². The van der Waals surface area contributed by atoms with Crippen molar-refractivity contribution in [2.24, 2.45) is 0 Å². The maximum Gasteiger partial charge on any atom is 0.259 e. The predicted molar refractivity (Wildman–Crippen MR) is 105 cm³/mol. The van der Waals surface area contributed by atoms with Gasteiger partial charge in [-0.3, -0.25) is 9.48 Å². The minimum atomic E-state index is -3.34. The average Bonchev–Trinajstić information content (AvgIpc) is 2.89. The Kier molecular flexibility index (Phi) is 5.14. The third kappa shape index (κ3) is 4.25. The van der Waals surface area contributed by atoms with Crippen LogP contribution in [0.1, 0.15) is 27.3 Å². The van der Waals surface area contributed by atoms with E-state index in [0.29, 0.717) is 23.5 Å². The van der Waals surface area contributed by atoms with Crippen molar-refractivity contribution < 1.29 is 13.2 Å². The van der Waals surface area contributed by atoms with Gasteiger partial charge in [-0.1, -0.05) is 36.4 Å². The minimum absolute atomic E-state index is 0.161. The third-order valence-electron chi connectivity index (χ3n) is 4.30. The summed E-state index contributed by atoms with van der Waals surface area (Å²) in [5, 5.41) is 7.26. The Labute approximate surface area is 158 Å². The number of aromatic nitrogens is 2. The Morgan fingerprint density at radius 2 is 1.78 bits per heavy atom. The highest BCUT2D eigenvalue weighted by Gasteiger charge is 2.19. The van der Waals surface area contributed by atoms with Gasteiger partial charge in [0.15, 0.2) is 9.84 Å². The largest absolute Gasteiger partial charge is 0.322 e. The molecule has 1 N–H and O–H groups in total. The minimum Gasteiger partial charge on any atom is -0.322 e. The standard InChI is InChI=1S/C20H21N3O3S/c1-14-19(15(2)23(22-14)13-16-8-5-4-6-9-16)20(24)21-17-10-7-11-18(12-17)27(3,25)26/h4-12H,13H2,1-3H3,(H,21,24). The zero-order valence-corrected chi connectivity index (χ0v) is 16.2. The first-order chi connectivity index (χ1) is 12.8. The van der Waals surface area contributed by atoms with Crippen molar-refractivity contribution in [2.75, 3.05) is 11.6 Å². The van der Waals surface area contributed by atoms with Crippen LogP contribution >= 0.6 is 0 Å². The molecule has 0 saturated heterocycles. The number of nitrogens with zero attached hydrogens (tertiary/aromatic N) is 2. The van der Waals surface area contributed by atoms with Crippen LogP contribution in [-0.4, -0.2) is 30.4 Å². The number of hydrogen-bond donors (Lipinski definition) is 1. The van der Waals surface area contributed by atoms with Gasteiger partial charge in [0.1, 0.15) is 0 Å². The van der Waals surface area contributed by atoms with Crippen LogP contribution in [-0.2, 0) is 16.4 Å². The van der Waals surface area contributed by atoms with E-state index in [4.69, 9.17) is 0 Å². The Morgan fingerprint density at radius 1 is 1.07 bits per heavy atom. The fourth-order valence-corrected chi connectivity index (χ4v) is 3.60. The monoisotopic (exact) mass is 383 g/mol. The number of amides is 1. The van der Waals surface area contributed by atoms with Gasteiger partial charge in [0.25, 0.3) is 5.91 Å². The van der Waals surface area contributed by atoms with Crippen molar-refractivity contribution in [1.82, 2.24) is 9.78 Å². The third-order valence-corrected chi connectivity index (χ3v) is 5.41. The molecule has 1 aromatic heterocycles. The number of anilines is 1. The summed E-state index contributed by atoms with van der Waals surface area (Å²) in [6, 6.07) is 16.1. The van der Waals surface area contributed by atoms with Gasteiger partial charge in [-0.25, -0.2) is 8.42 Å². The van der Waals surface area contributed by atoms with Gasteiger partial charge >= 0.3 is 0 Å². The molecule has 0 aliphatic heterocycles. The number of nitrogens with one attached hydrogen (secondary N) is 1. The molecule has 140 valence electrons. The Morgan fingerprint density at radius 3 is 2.44 bits per heavy atom. The van der Waals surface area contributed by atoms with Gasteiger partial charge in [0.05, 0.1) is 22.7 Å². The van der Waals surface area contributed by atoms with E-state index < -0.39 is 9.84 Å². The summed E-state index contributed by atoms with van der Waals surface area (Å²) in [6.07, 6.45) is 1.13. The second kappa shape index (κ2) is 7.36. The molecule has 1 amide bonds. The fourth-order valence-electron chi connectivity index (χ4n) is 2.93. The molecule has 0 spiro atoms. The van der Waals surface area contributed by atoms with Crippen molar-refractivity contribution in [1.29, 1.82) is 0 Å². The zero-order chi connectivity index (χ0) is 19.6. The SMILES string of the molecule is Cc1nn(Cc2ccccc2)c(C)c1C(=O)Nc1cccc(S(C)(=O)=O)c1. The number of sulfone groups is 1. The molecule has 0 radical (unpaired) electrons. The molecule has 0 aliphatic carbocycles. The van der Waals surface area contributed by atoms with Crippen LogP contribution in [0.3, 0.4) is 0 Å². The number of benzene rings is 2. The highest BCUT2D eigenvalue weighted by Crippen LogP contribution is 2.19. The number of aryl methyl sites for hydroxylation is 1. The lowest BCUT2D eigenvalue weighted by Crippen LogP contribution is -2.14. The number of carbonyl (C=O) groups excluding carboxylic acids is 1. The lowest BCUT2D eigenvalue weighted by Gasteiger charge is -2.08. The van der Waals surface area contributed by atoms with Gasteiger partial charge in [-0.05, 0) is 37.6 Å². The highest BCUT2D eigenvalue weighted by atomic mass is 32.2. The van der Waals surface area contributed by atoms with E-state index in [2.05, 4.69) is 10.4 Å². The van der Waals surface area contributed by atoms with E-state index in [0.717, 1.165) is 17.5 Å². The van der Waals surface area contributed by atoms with Crippen LogP contribution < -0.4 is 5.32 Å². The molecule has 0 fully saturated rings. The van der Waals surface area contributed by atoms with Gasteiger partial charge in [0.2, 0.25) is 0 Å². The van der Waals surface area contributed by atoms with Crippen LogP contribution in [0.2, 0.25) is 0 Å². The number of hydrogen-bond acceptors (Lipinski definition) is 4. The van der Waals surface area contributed by atoms with Crippen LogP contribution in [0.15, 0.2) is 59.5 Å². The van der Waals surface area contributed by atoms with E-state index in [1.54, 1.807) is 23.7 Å². The predicted octanol–water partition coefficient (Wildman–Crippen LogP) is 3.20. The zero-order valence-electron chi connectivity index (χ0n) is 15.4. The molecule has 27 heavy (non-hydrogen) atoms. The number of rotatable bonds is 5. The normalized spacial score (nSPS) is 11.4. The smallest absolute Gasteiger partial charge is 0.259 e. The molecule has 3 aromatic rings. The lowest BCUT2D eigenvalue weighted by molar-refractivity contribution is 0.102. The Balaban J connectivity index is 1.85. The van der Waals surface area contributed by atoms with Crippen LogP contribution in [0.5, 0.6) is 0 Å². The molecular weight excluding hydrogens is 362 g/mol. The van der Waals surface area contributed by atoms with Crippen molar-refractivity contribution in [3.63, 3.8) is 0 Å². The van der Waals surface area contributed by atoms with Gasteiger partial charge in [-0.15, -0.1) is 0 Å². The first-order valence-electron chi connectivity index (χ1n) is 8.45. The quantitative estimate of drug-likeness (QED) is 0.734. The van der Waals surface area contributed by atoms with Crippen molar-refractivity contribution >= 4 is 21.4 Å². The van der Waals surface area contributed by atoms with Gasteiger partial charge in [0, 0.05) is 17.6 Å². The first kappa shape index (κ1) is 18.8. The van der Waals surface area contributed by atoms with Crippen molar-refractivity contribution in [3.05, 3.63) is 77.1 Å². The summed E-state index contributed by atoms with van der Waals surface area (Å²) in [5.74, 6) is -0.310. The lowest BCUT2D eigenvalue weighted by atomic mass is 10.1. The molecule has 2 aromatic carbocycles. The van der Waals surface area contributed by atoms with Gasteiger partial charge < -0.3 is 5.32 Å². The molecule has 0 atom stereocenters. The summed E-state index contributed by atoms with van der Waals surface area (Å²) < 4.78 is 25.2. The van der Waals surface area contributed by atoms with Crippen LogP contribution in [0, 0.1) is 13.8 Å². The Hall–Kier alpha value is -2.93. The molecule has 0 unspecified atom stereocenters. The maximum absolute atomic E-state index is 12.8. The Bertz CT molecular complexity index is 1090. The second-order valence-electron chi connectivity index (χ2n) is 6.44. The summed E-state index contributed by atoms with van der Waals surface area (Å²) >= 11 is 0. The molecule has 1 heterocycles. The molecule has 7 heteroatoms. The molecule has 0 bridgehead atoms. The van der Waals surface area contributed by atoms with Crippen LogP contribution in [0.25, 0.3) is 0 Å². The molecule has 0 aliphatic rings. The summed E-state index contributed by atoms with van der Waals surface area (Å²) in [6.45, 7) is 4.21. The summed E-state index contributed by atoms with van der Waals surface area (Å²) in [4.78, 5) is 12.9. The fraction of sp³-hybridized carbons (Fsp3) is 0.200. The summed E-state index contributed by atoms with van der Waals surface area (Å²) in [5.41, 5.74) is 3.40. The number of carbonyl (C=O) groups is 1. The second-order valence-corrected chi connectivity index (χ2v) is 8.46. The van der Waals surface area contributed by atoms with Crippen molar-refractivity contribution in [2.45, 2.75) is 25.3 Å². The van der Waals surface area contributed by atoms with Crippen molar-refractivity contribution in [3.8, 4) is 0 Å². The van der Waals surface area contributed by atoms with E-state index in [1.807, 2.05) is 37.3 Å².